The second-order valence-corrected chi connectivity index (χ2v) is 13.3. The van der Waals surface area contributed by atoms with E-state index in [9.17, 15) is 50.4 Å². The van der Waals surface area contributed by atoms with E-state index in [0.717, 1.165) is 0 Å². The van der Waals surface area contributed by atoms with Gasteiger partial charge < -0.3 is 69.0 Å². The molecule has 288 valence electrons. The van der Waals surface area contributed by atoms with Gasteiger partial charge in [-0.05, 0) is 70.0 Å². The molecule has 2 aromatic carbocycles. The Hall–Kier alpha value is -4.36. The van der Waals surface area contributed by atoms with Crippen LogP contribution in [0.25, 0.3) is 22.3 Å². The predicted molar refractivity (Wildman–Crippen MR) is 185 cm³/mol. The van der Waals surface area contributed by atoms with Crippen molar-refractivity contribution in [1.29, 1.82) is 0 Å². The van der Waals surface area contributed by atoms with Crippen molar-refractivity contribution in [2.75, 3.05) is 6.61 Å². The summed E-state index contributed by atoms with van der Waals surface area (Å²) in [5.41, 5.74) is -1.56. The molecule has 2 aliphatic rings. The highest BCUT2D eigenvalue weighted by atomic mass is 16.7. The number of fused-ring (bicyclic) bond motifs is 1. The van der Waals surface area contributed by atoms with E-state index in [1.54, 1.807) is 13.0 Å². The first-order valence-corrected chi connectivity index (χ1v) is 16.8. The van der Waals surface area contributed by atoms with Gasteiger partial charge in [-0.25, -0.2) is 4.79 Å². The number of phenolic OH excluding ortho intramolecular Hbond substituents is 1. The molecular formula is C37H44O16. The Morgan fingerprint density at radius 1 is 0.943 bits per heavy atom. The number of benzene rings is 2. The first-order chi connectivity index (χ1) is 25.0. The van der Waals surface area contributed by atoms with Crippen LogP contribution < -0.4 is 14.9 Å². The van der Waals surface area contributed by atoms with Gasteiger partial charge in [-0.2, -0.15) is 0 Å². The zero-order valence-corrected chi connectivity index (χ0v) is 29.1. The smallest absolute Gasteiger partial charge is 0.333 e. The summed E-state index contributed by atoms with van der Waals surface area (Å²) >= 11 is 0. The molecule has 0 spiro atoms. The van der Waals surface area contributed by atoms with Crippen LogP contribution in [-0.4, -0.2) is 120 Å². The third-order valence-corrected chi connectivity index (χ3v) is 9.18. The largest absolute Gasteiger partial charge is 0.508 e. The van der Waals surface area contributed by atoms with Crippen LogP contribution in [0.2, 0.25) is 0 Å². The van der Waals surface area contributed by atoms with Gasteiger partial charge in [-0.1, -0.05) is 12.2 Å². The molecule has 0 bridgehead atoms. The molecule has 0 amide bonds. The Morgan fingerprint density at radius 3 is 2.30 bits per heavy atom. The average Bonchev–Trinajstić information content (AvgIpc) is 3.13. The van der Waals surface area contributed by atoms with Crippen LogP contribution >= 0.6 is 0 Å². The summed E-state index contributed by atoms with van der Waals surface area (Å²) in [6.07, 6.45) is -11.8. The van der Waals surface area contributed by atoms with E-state index in [2.05, 4.69) is 6.58 Å². The molecule has 2 saturated heterocycles. The van der Waals surface area contributed by atoms with Crippen molar-refractivity contribution in [2.45, 2.75) is 101 Å². The number of aromatic hydroxyl groups is 1. The maximum atomic E-state index is 13.9. The summed E-state index contributed by atoms with van der Waals surface area (Å²) in [6, 6.07) is 9.48. The number of aliphatic hydroxyl groups is 7. The van der Waals surface area contributed by atoms with Gasteiger partial charge in [0.15, 0.2) is 11.9 Å². The average molecular weight is 745 g/mol. The van der Waals surface area contributed by atoms with Gasteiger partial charge in [0.25, 0.3) is 0 Å². The van der Waals surface area contributed by atoms with Crippen molar-refractivity contribution in [3.8, 4) is 28.6 Å². The molecule has 1 unspecified atom stereocenters. The van der Waals surface area contributed by atoms with Crippen molar-refractivity contribution in [3.05, 3.63) is 77.0 Å². The molecule has 3 heterocycles. The molecule has 53 heavy (non-hydrogen) atoms. The number of allylic oxidation sites excluding steroid dienone is 1. The van der Waals surface area contributed by atoms with E-state index in [1.165, 1.54) is 62.4 Å². The fraction of sp³-hybridized carbons (Fsp3) is 0.459. The number of hydrogen-bond acceptors (Lipinski definition) is 16. The summed E-state index contributed by atoms with van der Waals surface area (Å²) < 4.78 is 34.7. The second-order valence-electron chi connectivity index (χ2n) is 13.3. The van der Waals surface area contributed by atoms with Gasteiger partial charge in [-0.15, -0.1) is 6.58 Å². The van der Waals surface area contributed by atoms with Gasteiger partial charge in [0, 0.05) is 17.2 Å². The lowest BCUT2D eigenvalue weighted by Crippen LogP contribution is -2.60. The fourth-order valence-corrected chi connectivity index (χ4v) is 5.76. The molecule has 2 fully saturated rings. The number of carbonyl (C=O) groups is 1. The second kappa shape index (κ2) is 16.3. The number of esters is 1. The third-order valence-electron chi connectivity index (χ3n) is 9.18. The van der Waals surface area contributed by atoms with Gasteiger partial charge >= 0.3 is 5.97 Å². The Labute approximate surface area is 303 Å². The highest BCUT2D eigenvalue weighted by Crippen LogP contribution is 2.36. The number of ether oxygens (including phenoxy) is 5. The lowest BCUT2D eigenvalue weighted by molar-refractivity contribution is -0.277. The van der Waals surface area contributed by atoms with Crippen molar-refractivity contribution >= 4 is 16.9 Å². The monoisotopic (exact) mass is 744 g/mol. The molecule has 0 saturated carbocycles. The van der Waals surface area contributed by atoms with Crippen LogP contribution in [0.15, 0.2) is 76.0 Å². The highest BCUT2D eigenvalue weighted by Gasteiger charge is 2.47. The molecule has 0 aliphatic carbocycles. The number of phenols is 1. The van der Waals surface area contributed by atoms with Crippen LogP contribution in [-0.2, 0) is 19.0 Å². The normalized spacial score (nSPS) is 30.3. The summed E-state index contributed by atoms with van der Waals surface area (Å²) in [6.45, 7) is 7.39. The maximum absolute atomic E-state index is 13.9. The standard InChI is InChI=1S/C37H44O16/c1-5-37(4,47)14-6-7-17(2)34(46)52-33-29(44)25(40)18(3)48-36(33)49-21-12-13-22-23(15-21)50-31(19-8-10-20(39)11-9-19)32(26(22)41)53-35-30(45)28(43)27(42)24(16-38)51-35/h5,7-13,15,18,24-25,27-30,33,35-36,38-40,42-45,47H,1,6,14,16H2,2-4H3/b17-7+/t18-,24+,25-,27+,28-,29+,30+,33+,35-,36-,37?/m0/s1. The minimum absolute atomic E-state index is 0.0284. The molecule has 1 aromatic heterocycles. The van der Waals surface area contributed by atoms with E-state index < -0.39 is 90.8 Å². The summed E-state index contributed by atoms with van der Waals surface area (Å²) in [5.74, 6) is -1.56. The fourth-order valence-electron chi connectivity index (χ4n) is 5.76. The van der Waals surface area contributed by atoms with Crippen LogP contribution in [0.3, 0.4) is 0 Å². The van der Waals surface area contributed by atoms with Crippen LogP contribution in [0.5, 0.6) is 17.2 Å². The molecule has 8 N–H and O–H groups in total. The van der Waals surface area contributed by atoms with Crippen LogP contribution in [0.4, 0.5) is 0 Å². The Balaban J connectivity index is 1.46. The molecule has 16 nitrogen and oxygen atoms in total. The molecule has 5 rings (SSSR count). The SMILES string of the molecule is C=CC(C)(O)CC/C=C(\C)C(=O)O[C@H]1[C@H](Oc2ccc3c(=O)c(O[C@@H]4O[C@H](CO)[C@@H](O)[C@H](O)[C@H]4O)c(-c4ccc(O)cc4)oc3c2)O[C@@H](C)[C@H](O)[C@H]1O. The molecule has 11 atom stereocenters. The topological polar surface area (TPSA) is 255 Å². The van der Waals surface area contributed by atoms with E-state index in [-0.39, 0.29) is 45.8 Å². The van der Waals surface area contributed by atoms with Gasteiger partial charge in [0.05, 0.1) is 23.7 Å². The van der Waals surface area contributed by atoms with Crippen LogP contribution in [0, 0.1) is 0 Å². The van der Waals surface area contributed by atoms with Crippen LogP contribution in [0.1, 0.15) is 33.6 Å². The maximum Gasteiger partial charge on any atom is 0.333 e. The first kappa shape index (κ1) is 39.8. The van der Waals surface area contributed by atoms with Gasteiger partial charge in [0.1, 0.15) is 53.7 Å². The molecule has 2 aliphatic heterocycles. The van der Waals surface area contributed by atoms with Gasteiger partial charge in [-0.3, -0.25) is 4.79 Å². The third kappa shape index (κ3) is 8.73. The quantitative estimate of drug-likeness (QED) is 0.0724. The summed E-state index contributed by atoms with van der Waals surface area (Å²) in [4.78, 5) is 27.0. The molecular weight excluding hydrogens is 700 g/mol. The van der Waals surface area contributed by atoms with Crippen molar-refractivity contribution in [1.82, 2.24) is 0 Å². The van der Waals surface area contributed by atoms with Crippen molar-refractivity contribution in [3.63, 3.8) is 0 Å². The van der Waals surface area contributed by atoms with E-state index in [1.807, 2.05) is 0 Å². The number of rotatable bonds is 12. The Bertz CT molecular complexity index is 1850. The molecule has 16 heteroatoms. The molecule has 0 radical (unpaired) electrons. The molecule has 3 aromatic rings. The Morgan fingerprint density at radius 2 is 1.64 bits per heavy atom. The lowest BCUT2D eigenvalue weighted by atomic mass is 9.99. The van der Waals surface area contributed by atoms with E-state index >= 15 is 0 Å². The lowest BCUT2D eigenvalue weighted by Gasteiger charge is -2.40. The number of aliphatic hydroxyl groups excluding tert-OH is 6. The van der Waals surface area contributed by atoms with Crippen molar-refractivity contribution < 1.29 is 73.7 Å². The summed E-state index contributed by atoms with van der Waals surface area (Å²) in [5, 5.41) is 82.1. The minimum Gasteiger partial charge on any atom is -0.508 e. The zero-order valence-electron chi connectivity index (χ0n) is 29.1. The van der Waals surface area contributed by atoms with Crippen molar-refractivity contribution in [2.24, 2.45) is 0 Å². The predicted octanol–water partition coefficient (Wildman–Crippen LogP) is 0.765. The summed E-state index contributed by atoms with van der Waals surface area (Å²) in [7, 11) is 0. The number of carbonyl (C=O) groups excluding carboxylic acids is 1. The zero-order chi connectivity index (χ0) is 38.8. The van der Waals surface area contributed by atoms with E-state index in [0.29, 0.717) is 6.42 Å². The van der Waals surface area contributed by atoms with Gasteiger partial charge in [0.2, 0.25) is 23.8 Å². The number of hydrogen-bond donors (Lipinski definition) is 8. The van der Waals surface area contributed by atoms with E-state index in [4.69, 9.17) is 28.1 Å². The Kier molecular flexibility index (Phi) is 12.3. The minimum atomic E-state index is -1.84. The first-order valence-electron chi connectivity index (χ1n) is 16.8. The highest BCUT2D eigenvalue weighted by molar-refractivity contribution is 5.88.